The van der Waals surface area contributed by atoms with Crippen molar-refractivity contribution in [3.63, 3.8) is 0 Å². The van der Waals surface area contributed by atoms with Crippen LogP contribution in [-0.4, -0.2) is 72.1 Å². The zero-order chi connectivity index (χ0) is 22.0. The Morgan fingerprint density at radius 2 is 1.61 bits per heavy atom. The number of imide groups is 1. The normalized spacial score (nSPS) is 17.9. The summed E-state index contributed by atoms with van der Waals surface area (Å²) < 4.78 is 0. The summed E-state index contributed by atoms with van der Waals surface area (Å²) in [7, 11) is 0. The largest absolute Gasteiger partial charge is 0.392 e. The Morgan fingerprint density at radius 1 is 0.968 bits per heavy atom. The van der Waals surface area contributed by atoms with Crippen LogP contribution in [0.15, 0.2) is 42.5 Å². The van der Waals surface area contributed by atoms with Gasteiger partial charge in [-0.15, -0.1) is 0 Å². The summed E-state index contributed by atoms with van der Waals surface area (Å²) in [5.74, 6) is -0.541. The fourth-order valence-corrected chi connectivity index (χ4v) is 4.74. The van der Waals surface area contributed by atoms with Gasteiger partial charge in [0.05, 0.1) is 27.9 Å². The van der Waals surface area contributed by atoms with Gasteiger partial charge in [-0.3, -0.25) is 19.4 Å². The highest BCUT2D eigenvalue weighted by molar-refractivity contribution is 6.34. The number of aliphatic hydroxyl groups excluding tert-OH is 1. The molecule has 0 unspecified atom stereocenters. The lowest BCUT2D eigenvalue weighted by atomic mass is 10.1. The van der Waals surface area contributed by atoms with Gasteiger partial charge in [0.15, 0.2) is 0 Å². The molecule has 164 valence electrons. The molecule has 2 aromatic rings. The van der Waals surface area contributed by atoms with Crippen LogP contribution < -0.4 is 4.90 Å². The Kier molecular flexibility index (Phi) is 6.60. The predicted molar refractivity (Wildman–Crippen MR) is 122 cm³/mol. The van der Waals surface area contributed by atoms with Crippen molar-refractivity contribution in [2.45, 2.75) is 25.9 Å². The predicted octanol–water partition coefficient (Wildman–Crippen LogP) is 3.07. The van der Waals surface area contributed by atoms with Gasteiger partial charge in [0.2, 0.25) is 0 Å². The minimum Gasteiger partial charge on any atom is -0.392 e. The highest BCUT2D eigenvalue weighted by atomic mass is 35.5. The second-order valence-corrected chi connectivity index (χ2v) is 8.52. The molecule has 1 atom stereocenters. The van der Waals surface area contributed by atoms with E-state index in [0.717, 1.165) is 48.9 Å². The maximum atomic E-state index is 12.5. The molecule has 7 heteroatoms. The number of amides is 2. The number of hydrogen-bond donors (Lipinski definition) is 1. The SMILES string of the molecule is CCc1cccc(N2CCN(C[C@@H](O)CCN3C(=O)c4ccccc4C3=O)CC2)c1Cl. The summed E-state index contributed by atoms with van der Waals surface area (Å²) in [6.45, 7) is 6.21. The number of rotatable bonds is 7. The number of benzene rings is 2. The van der Waals surface area contributed by atoms with E-state index < -0.39 is 6.10 Å². The monoisotopic (exact) mass is 441 g/mol. The molecule has 2 aromatic carbocycles. The molecule has 6 nitrogen and oxygen atoms in total. The quantitative estimate of drug-likeness (QED) is 0.669. The molecule has 4 rings (SSSR count). The highest BCUT2D eigenvalue weighted by Crippen LogP contribution is 2.30. The zero-order valence-electron chi connectivity index (χ0n) is 17.8. The summed E-state index contributed by atoms with van der Waals surface area (Å²) in [6.07, 6.45) is 0.685. The molecule has 0 bridgehead atoms. The summed E-state index contributed by atoms with van der Waals surface area (Å²) in [6, 6.07) is 13.0. The van der Waals surface area contributed by atoms with Crippen LogP contribution in [-0.2, 0) is 6.42 Å². The van der Waals surface area contributed by atoms with Gasteiger partial charge in [-0.2, -0.15) is 0 Å². The molecule has 0 spiro atoms. The first kappa shape index (κ1) is 21.8. The molecule has 2 amide bonds. The number of carbonyl (C=O) groups is 2. The van der Waals surface area contributed by atoms with Crippen molar-refractivity contribution in [2.24, 2.45) is 0 Å². The van der Waals surface area contributed by atoms with Crippen LogP contribution in [0.2, 0.25) is 5.02 Å². The Labute approximate surface area is 188 Å². The van der Waals surface area contributed by atoms with E-state index in [2.05, 4.69) is 34.9 Å². The van der Waals surface area contributed by atoms with Crippen molar-refractivity contribution in [1.29, 1.82) is 0 Å². The molecule has 31 heavy (non-hydrogen) atoms. The van der Waals surface area contributed by atoms with Crippen molar-refractivity contribution >= 4 is 29.1 Å². The number of β-amino-alcohol motifs (C(OH)–C–C–N with tert-alkyl or cyclic N) is 1. The van der Waals surface area contributed by atoms with E-state index in [9.17, 15) is 14.7 Å². The lowest BCUT2D eigenvalue weighted by Gasteiger charge is -2.37. The zero-order valence-corrected chi connectivity index (χ0v) is 18.5. The van der Waals surface area contributed by atoms with Crippen molar-refractivity contribution in [2.75, 3.05) is 44.2 Å². The van der Waals surface area contributed by atoms with Crippen LogP contribution in [0.4, 0.5) is 5.69 Å². The molecule has 1 fully saturated rings. The number of aryl methyl sites for hydroxylation is 1. The third-order valence-corrected chi connectivity index (χ3v) is 6.62. The van der Waals surface area contributed by atoms with Gasteiger partial charge >= 0.3 is 0 Å². The van der Waals surface area contributed by atoms with Crippen LogP contribution in [0.1, 0.15) is 39.6 Å². The first-order chi connectivity index (χ1) is 15.0. The van der Waals surface area contributed by atoms with Gasteiger partial charge in [0.25, 0.3) is 11.8 Å². The topological polar surface area (TPSA) is 64.1 Å². The van der Waals surface area contributed by atoms with Gasteiger partial charge in [0, 0.05) is 39.3 Å². The summed E-state index contributed by atoms with van der Waals surface area (Å²) in [4.78, 5) is 30.7. The second-order valence-electron chi connectivity index (χ2n) is 8.14. The van der Waals surface area contributed by atoms with Crippen LogP contribution in [0.25, 0.3) is 0 Å². The first-order valence-electron chi connectivity index (χ1n) is 10.9. The van der Waals surface area contributed by atoms with E-state index in [4.69, 9.17) is 11.6 Å². The van der Waals surface area contributed by atoms with E-state index in [-0.39, 0.29) is 18.4 Å². The molecule has 2 aliphatic heterocycles. The van der Waals surface area contributed by atoms with E-state index in [1.165, 1.54) is 4.90 Å². The minimum atomic E-state index is -0.595. The lowest BCUT2D eigenvalue weighted by molar-refractivity contribution is 0.0590. The summed E-state index contributed by atoms with van der Waals surface area (Å²) in [5.41, 5.74) is 3.13. The molecule has 0 saturated carbocycles. The Hall–Kier alpha value is -2.41. The molecular weight excluding hydrogens is 414 g/mol. The van der Waals surface area contributed by atoms with E-state index in [0.29, 0.717) is 24.1 Å². The number of nitrogens with zero attached hydrogens (tertiary/aromatic N) is 3. The van der Waals surface area contributed by atoms with Crippen LogP contribution in [0, 0.1) is 0 Å². The third-order valence-electron chi connectivity index (χ3n) is 6.19. The van der Waals surface area contributed by atoms with Crippen molar-refractivity contribution in [3.05, 3.63) is 64.2 Å². The number of halogens is 1. The van der Waals surface area contributed by atoms with Crippen molar-refractivity contribution in [1.82, 2.24) is 9.80 Å². The molecule has 2 aliphatic rings. The number of piperazine rings is 1. The second kappa shape index (κ2) is 9.39. The number of aliphatic hydroxyl groups is 1. The number of fused-ring (bicyclic) bond motifs is 1. The maximum Gasteiger partial charge on any atom is 0.261 e. The maximum absolute atomic E-state index is 12.5. The molecule has 0 aromatic heterocycles. The molecule has 1 saturated heterocycles. The number of hydrogen-bond acceptors (Lipinski definition) is 5. The van der Waals surface area contributed by atoms with Gasteiger partial charge in [0.1, 0.15) is 0 Å². The van der Waals surface area contributed by atoms with E-state index >= 15 is 0 Å². The fraction of sp³-hybridized carbons (Fsp3) is 0.417. The first-order valence-corrected chi connectivity index (χ1v) is 11.3. The Morgan fingerprint density at radius 3 is 2.23 bits per heavy atom. The summed E-state index contributed by atoms with van der Waals surface area (Å²) in [5, 5.41) is 11.4. The highest BCUT2D eigenvalue weighted by Gasteiger charge is 2.35. The Bertz CT molecular complexity index is 937. The standard InChI is InChI=1S/C24H28ClN3O3/c1-2-17-6-5-9-21(22(17)25)27-14-12-26(13-15-27)16-18(29)10-11-28-23(30)19-7-3-4-8-20(19)24(28)31/h3-9,18,29H,2,10-16H2,1H3/t18-/m0/s1. The van der Waals surface area contributed by atoms with Gasteiger partial charge in [-0.25, -0.2) is 0 Å². The average molecular weight is 442 g/mol. The van der Waals surface area contributed by atoms with Gasteiger partial charge in [-0.1, -0.05) is 42.8 Å². The van der Waals surface area contributed by atoms with E-state index in [1.807, 2.05) is 0 Å². The third kappa shape index (κ3) is 4.47. The molecule has 1 N–H and O–H groups in total. The summed E-state index contributed by atoms with van der Waals surface area (Å²) >= 11 is 6.57. The Balaban J connectivity index is 1.26. The van der Waals surface area contributed by atoms with Crippen LogP contribution in [0.3, 0.4) is 0 Å². The molecule has 0 radical (unpaired) electrons. The molecular formula is C24H28ClN3O3. The van der Waals surface area contributed by atoms with Crippen molar-refractivity contribution in [3.8, 4) is 0 Å². The van der Waals surface area contributed by atoms with Crippen LogP contribution in [0.5, 0.6) is 0 Å². The molecule has 0 aliphatic carbocycles. The molecule has 2 heterocycles. The van der Waals surface area contributed by atoms with Crippen LogP contribution >= 0.6 is 11.6 Å². The number of anilines is 1. The average Bonchev–Trinajstić information content (AvgIpc) is 3.03. The fourth-order valence-electron chi connectivity index (χ4n) is 4.36. The van der Waals surface area contributed by atoms with E-state index in [1.54, 1.807) is 24.3 Å². The van der Waals surface area contributed by atoms with Gasteiger partial charge in [-0.05, 0) is 36.6 Å². The van der Waals surface area contributed by atoms with Gasteiger partial charge < -0.3 is 10.0 Å². The smallest absolute Gasteiger partial charge is 0.261 e. The van der Waals surface area contributed by atoms with Crippen molar-refractivity contribution < 1.29 is 14.7 Å². The minimum absolute atomic E-state index is 0.229. The lowest BCUT2D eigenvalue weighted by Crippen LogP contribution is -2.49. The number of carbonyl (C=O) groups excluding carboxylic acids is 2.